The molecule has 2 N–H and O–H groups in total. The summed E-state index contributed by atoms with van der Waals surface area (Å²) in [5, 5.41) is 5.77. The third-order valence-corrected chi connectivity index (χ3v) is 4.15. The Kier molecular flexibility index (Phi) is 4.93. The topological polar surface area (TPSA) is 89.1 Å². The lowest BCUT2D eigenvalue weighted by atomic mass is 10.1. The summed E-state index contributed by atoms with van der Waals surface area (Å²) in [5.74, 6) is 1.42. The van der Waals surface area contributed by atoms with Gasteiger partial charge in [0.1, 0.15) is 0 Å². The van der Waals surface area contributed by atoms with Crippen LogP contribution in [0.5, 0.6) is 11.5 Å². The third-order valence-electron chi connectivity index (χ3n) is 4.15. The van der Waals surface area contributed by atoms with Crippen molar-refractivity contribution in [1.82, 2.24) is 15.5 Å². The van der Waals surface area contributed by atoms with Crippen LogP contribution < -0.4 is 20.1 Å². The zero-order valence-corrected chi connectivity index (χ0v) is 13.5. The average Bonchev–Trinajstić information content (AvgIpc) is 3.07. The van der Waals surface area contributed by atoms with Gasteiger partial charge in [0.15, 0.2) is 11.5 Å². The van der Waals surface area contributed by atoms with Gasteiger partial charge in [-0.3, -0.25) is 0 Å². The van der Waals surface area contributed by atoms with Crippen LogP contribution in [0.3, 0.4) is 0 Å². The molecule has 8 nitrogen and oxygen atoms in total. The van der Waals surface area contributed by atoms with E-state index < -0.39 is 0 Å². The van der Waals surface area contributed by atoms with Gasteiger partial charge in [0.25, 0.3) is 0 Å². The summed E-state index contributed by atoms with van der Waals surface area (Å²) in [4.78, 5) is 25.1. The first-order chi connectivity index (χ1) is 11.7. The molecule has 2 aliphatic heterocycles. The Morgan fingerprint density at radius 1 is 1.25 bits per heavy atom. The number of rotatable bonds is 3. The van der Waals surface area contributed by atoms with E-state index in [1.165, 1.54) is 7.11 Å². The number of methoxy groups -OCH3 is 1. The first-order valence-electron chi connectivity index (χ1n) is 7.91. The number of nitrogens with one attached hydrogen (secondary N) is 2. The first-order valence-corrected chi connectivity index (χ1v) is 7.91. The molecule has 2 heterocycles. The largest absolute Gasteiger partial charge is 0.454 e. The Bertz CT molecular complexity index is 614. The van der Waals surface area contributed by atoms with Crippen molar-refractivity contribution in [2.45, 2.75) is 25.4 Å². The van der Waals surface area contributed by atoms with Gasteiger partial charge >= 0.3 is 12.1 Å². The number of carbonyl (C=O) groups is 2. The van der Waals surface area contributed by atoms with Gasteiger partial charge in [-0.05, 0) is 30.5 Å². The smallest absolute Gasteiger partial charge is 0.409 e. The molecule has 0 aliphatic carbocycles. The number of likely N-dealkylation sites (tertiary alicyclic amines) is 1. The van der Waals surface area contributed by atoms with Crippen molar-refractivity contribution >= 4 is 12.1 Å². The molecule has 0 unspecified atom stereocenters. The molecule has 3 rings (SSSR count). The highest BCUT2D eigenvalue weighted by Gasteiger charge is 2.24. The molecule has 1 aromatic carbocycles. The summed E-state index contributed by atoms with van der Waals surface area (Å²) in [6.45, 7) is 1.81. The van der Waals surface area contributed by atoms with E-state index in [1.807, 2.05) is 18.2 Å². The lowest BCUT2D eigenvalue weighted by Crippen LogP contribution is -2.49. The summed E-state index contributed by atoms with van der Waals surface area (Å²) in [6, 6.07) is 5.42. The zero-order chi connectivity index (χ0) is 16.9. The summed E-state index contributed by atoms with van der Waals surface area (Å²) in [7, 11) is 1.37. The van der Waals surface area contributed by atoms with E-state index in [0.29, 0.717) is 38.2 Å². The number of nitrogens with zero attached hydrogens (tertiary/aromatic N) is 1. The molecule has 0 bridgehead atoms. The van der Waals surface area contributed by atoms with E-state index >= 15 is 0 Å². The number of fused-ring (bicyclic) bond motifs is 1. The van der Waals surface area contributed by atoms with Crippen LogP contribution in [0.1, 0.15) is 18.4 Å². The van der Waals surface area contributed by atoms with Crippen LogP contribution in [0.25, 0.3) is 0 Å². The molecular formula is C16H21N3O5. The van der Waals surface area contributed by atoms with Crippen molar-refractivity contribution in [3.8, 4) is 11.5 Å². The van der Waals surface area contributed by atoms with Crippen molar-refractivity contribution in [3.63, 3.8) is 0 Å². The van der Waals surface area contributed by atoms with Crippen LogP contribution >= 0.6 is 0 Å². The molecule has 24 heavy (non-hydrogen) atoms. The minimum atomic E-state index is -0.319. The minimum absolute atomic E-state index is 0.0580. The summed E-state index contributed by atoms with van der Waals surface area (Å²) < 4.78 is 15.3. The van der Waals surface area contributed by atoms with Gasteiger partial charge in [0, 0.05) is 25.7 Å². The third kappa shape index (κ3) is 3.81. The number of ether oxygens (including phenoxy) is 3. The van der Waals surface area contributed by atoms with Crippen molar-refractivity contribution in [3.05, 3.63) is 23.8 Å². The molecular weight excluding hydrogens is 314 g/mol. The number of amides is 3. The van der Waals surface area contributed by atoms with Gasteiger partial charge in [0.05, 0.1) is 7.11 Å². The van der Waals surface area contributed by atoms with Crippen molar-refractivity contribution in [2.24, 2.45) is 0 Å². The lowest BCUT2D eigenvalue weighted by Gasteiger charge is -2.31. The molecule has 0 aromatic heterocycles. The quantitative estimate of drug-likeness (QED) is 0.873. The number of piperidine rings is 1. The molecule has 2 aliphatic rings. The van der Waals surface area contributed by atoms with Gasteiger partial charge in [-0.2, -0.15) is 0 Å². The lowest BCUT2D eigenvalue weighted by molar-refractivity contribution is 0.110. The molecule has 8 heteroatoms. The molecule has 0 spiro atoms. The van der Waals surface area contributed by atoms with Gasteiger partial charge in [-0.1, -0.05) is 6.07 Å². The van der Waals surface area contributed by atoms with Crippen LogP contribution in [0, 0.1) is 0 Å². The minimum Gasteiger partial charge on any atom is -0.454 e. The molecule has 0 radical (unpaired) electrons. The molecule has 3 amide bonds. The Morgan fingerprint density at radius 3 is 2.75 bits per heavy atom. The second kappa shape index (κ2) is 7.29. The van der Waals surface area contributed by atoms with E-state index in [4.69, 9.17) is 14.2 Å². The Morgan fingerprint density at radius 2 is 2.00 bits per heavy atom. The number of hydrogen-bond donors (Lipinski definition) is 2. The predicted octanol–water partition coefficient (Wildman–Crippen LogP) is 1.45. The second-order valence-electron chi connectivity index (χ2n) is 5.75. The molecule has 1 aromatic rings. The molecule has 0 atom stereocenters. The Hall–Kier alpha value is -2.64. The van der Waals surface area contributed by atoms with Gasteiger partial charge in [-0.25, -0.2) is 9.59 Å². The van der Waals surface area contributed by atoms with Crippen LogP contribution in [0.2, 0.25) is 0 Å². The number of benzene rings is 1. The first kappa shape index (κ1) is 16.2. The van der Waals surface area contributed by atoms with Gasteiger partial charge in [-0.15, -0.1) is 0 Å². The maximum atomic E-state index is 12.0. The van der Waals surface area contributed by atoms with Crippen LogP contribution in [0.15, 0.2) is 18.2 Å². The highest BCUT2D eigenvalue weighted by molar-refractivity contribution is 5.74. The van der Waals surface area contributed by atoms with Crippen molar-refractivity contribution in [1.29, 1.82) is 0 Å². The summed E-state index contributed by atoms with van der Waals surface area (Å²) >= 11 is 0. The molecule has 1 saturated heterocycles. The maximum absolute atomic E-state index is 12.0. The van der Waals surface area contributed by atoms with Gasteiger partial charge in [0.2, 0.25) is 6.79 Å². The molecule has 0 saturated carbocycles. The van der Waals surface area contributed by atoms with E-state index in [0.717, 1.165) is 11.3 Å². The highest BCUT2D eigenvalue weighted by atomic mass is 16.7. The summed E-state index contributed by atoms with van der Waals surface area (Å²) in [6.07, 6.45) is 1.11. The van der Waals surface area contributed by atoms with E-state index in [2.05, 4.69) is 10.6 Å². The normalized spacial score (nSPS) is 16.6. The predicted molar refractivity (Wildman–Crippen MR) is 84.9 cm³/mol. The van der Waals surface area contributed by atoms with E-state index in [1.54, 1.807) is 4.90 Å². The summed E-state index contributed by atoms with van der Waals surface area (Å²) in [5.41, 5.74) is 0.940. The van der Waals surface area contributed by atoms with Crippen molar-refractivity contribution in [2.75, 3.05) is 27.0 Å². The highest BCUT2D eigenvalue weighted by Crippen LogP contribution is 2.32. The van der Waals surface area contributed by atoms with E-state index in [-0.39, 0.29) is 25.0 Å². The fraction of sp³-hybridized carbons (Fsp3) is 0.500. The zero-order valence-electron chi connectivity index (χ0n) is 13.5. The van der Waals surface area contributed by atoms with Crippen LogP contribution in [0.4, 0.5) is 9.59 Å². The SMILES string of the molecule is COC(=O)N1CCC(NC(=O)NCc2ccc3c(c2)OCO3)CC1. The fourth-order valence-electron chi connectivity index (χ4n) is 2.81. The maximum Gasteiger partial charge on any atom is 0.409 e. The standard InChI is InChI=1S/C16H21N3O5/c1-22-16(21)19-6-4-12(5-7-19)18-15(20)17-9-11-2-3-13-14(8-11)24-10-23-13/h2-3,8,12H,4-7,9-10H2,1H3,(H2,17,18,20). The number of urea groups is 1. The Balaban J connectivity index is 1.41. The van der Waals surface area contributed by atoms with E-state index in [9.17, 15) is 9.59 Å². The van der Waals surface area contributed by atoms with Crippen molar-refractivity contribution < 1.29 is 23.8 Å². The molecule has 1 fully saturated rings. The van der Waals surface area contributed by atoms with Gasteiger partial charge < -0.3 is 29.7 Å². The molecule has 130 valence electrons. The number of carbonyl (C=O) groups excluding carboxylic acids is 2. The fourth-order valence-corrected chi connectivity index (χ4v) is 2.81. The van der Waals surface area contributed by atoms with Crippen LogP contribution in [-0.2, 0) is 11.3 Å². The monoisotopic (exact) mass is 335 g/mol. The second-order valence-corrected chi connectivity index (χ2v) is 5.75. The Labute approximate surface area is 140 Å². The number of hydrogen-bond acceptors (Lipinski definition) is 5. The average molecular weight is 335 g/mol. The van der Waals surface area contributed by atoms with Crippen LogP contribution in [-0.4, -0.2) is 50.1 Å².